The molecule has 1 aliphatic carbocycles. The Labute approximate surface area is 164 Å². The zero-order chi connectivity index (χ0) is 18.5. The number of halogens is 2. The van der Waals surface area contributed by atoms with Crippen LogP contribution in [0.4, 0.5) is 5.95 Å². The van der Waals surface area contributed by atoms with Crippen molar-refractivity contribution >= 4 is 34.9 Å². The van der Waals surface area contributed by atoms with Crippen molar-refractivity contribution < 1.29 is 9.21 Å². The number of benzene rings is 1. The van der Waals surface area contributed by atoms with Crippen LogP contribution in [0.1, 0.15) is 36.1 Å². The maximum absolute atomic E-state index is 13.1. The summed E-state index contributed by atoms with van der Waals surface area (Å²) in [5.41, 5.74) is 2.38. The van der Waals surface area contributed by atoms with Gasteiger partial charge in [-0.3, -0.25) is 4.79 Å². The molecule has 5 rings (SSSR count). The molecule has 0 spiro atoms. The van der Waals surface area contributed by atoms with Crippen molar-refractivity contribution in [2.24, 2.45) is 0 Å². The molecule has 1 aliphatic heterocycles. The summed E-state index contributed by atoms with van der Waals surface area (Å²) in [7, 11) is 0. The van der Waals surface area contributed by atoms with Crippen LogP contribution < -0.4 is 5.32 Å². The van der Waals surface area contributed by atoms with Gasteiger partial charge < -0.3 is 9.73 Å². The third-order valence-corrected chi connectivity index (χ3v) is 5.81. The molecule has 0 amide bonds. The van der Waals surface area contributed by atoms with Gasteiger partial charge >= 0.3 is 0 Å². The van der Waals surface area contributed by atoms with Crippen LogP contribution in [0.5, 0.6) is 0 Å². The molecule has 6 nitrogen and oxygen atoms in total. The van der Waals surface area contributed by atoms with Crippen LogP contribution in [0.3, 0.4) is 0 Å². The molecule has 1 aromatic carbocycles. The van der Waals surface area contributed by atoms with E-state index in [1.54, 1.807) is 23.1 Å². The number of ketones is 1. The van der Waals surface area contributed by atoms with E-state index in [-0.39, 0.29) is 11.7 Å². The molecule has 1 N–H and O–H groups in total. The maximum atomic E-state index is 13.1. The first-order valence-corrected chi connectivity index (χ1v) is 9.28. The van der Waals surface area contributed by atoms with Gasteiger partial charge in [0.25, 0.3) is 0 Å². The van der Waals surface area contributed by atoms with Crippen molar-refractivity contribution in [3.8, 4) is 0 Å². The van der Waals surface area contributed by atoms with E-state index in [1.165, 1.54) is 6.33 Å². The lowest BCUT2D eigenvalue weighted by Crippen LogP contribution is -2.33. The van der Waals surface area contributed by atoms with Crippen LogP contribution in [0.15, 0.2) is 58.6 Å². The summed E-state index contributed by atoms with van der Waals surface area (Å²) < 4.78 is 7.24. The number of allylic oxidation sites excluding steroid dienone is 2. The van der Waals surface area contributed by atoms with Gasteiger partial charge in [0.2, 0.25) is 5.95 Å². The molecule has 0 unspecified atom stereocenters. The summed E-state index contributed by atoms with van der Waals surface area (Å²) in [5.74, 6) is 1.47. The summed E-state index contributed by atoms with van der Waals surface area (Å²) in [6.07, 6.45) is 4.15. The molecule has 2 aliphatic rings. The predicted molar refractivity (Wildman–Crippen MR) is 101 cm³/mol. The van der Waals surface area contributed by atoms with E-state index in [1.807, 2.05) is 18.2 Å². The second-order valence-electron chi connectivity index (χ2n) is 6.67. The maximum Gasteiger partial charge on any atom is 0.226 e. The molecule has 0 saturated carbocycles. The molecule has 2 aromatic heterocycles. The van der Waals surface area contributed by atoms with Crippen molar-refractivity contribution in [1.29, 1.82) is 0 Å². The number of rotatable bonds is 2. The summed E-state index contributed by atoms with van der Waals surface area (Å²) in [6.45, 7) is 0. The summed E-state index contributed by atoms with van der Waals surface area (Å²) in [4.78, 5) is 17.4. The van der Waals surface area contributed by atoms with E-state index < -0.39 is 6.04 Å². The van der Waals surface area contributed by atoms with Crippen LogP contribution in [-0.2, 0) is 4.79 Å². The van der Waals surface area contributed by atoms with E-state index in [9.17, 15) is 4.79 Å². The normalized spacial score (nSPS) is 21.6. The fourth-order valence-corrected chi connectivity index (χ4v) is 4.17. The van der Waals surface area contributed by atoms with Gasteiger partial charge in [-0.15, -0.1) is 0 Å². The molecular formula is C19H14Cl2N4O2. The Bertz CT molecular complexity index is 1070. The SMILES string of the molecule is O=C1C[C@H](c2ccco2)CC2=C1[C@@H](c1ccc(Cl)c(Cl)c1)n1ncnc1N2. The zero-order valence-corrected chi connectivity index (χ0v) is 15.5. The van der Waals surface area contributed by atoms with Gasteiger partial charge in [-0.05, 0) is 36.2 Å². The average molecular weight is 401 g/mol. The van der Waals surface area contributed by atoms with Crippen molar-refractivity contribution in [1.82, 2.24) is 14.8 Å². The molecule has 0 saturated heterocycles. The van der Waals surface area contributed by atoms with E-state index in [0.717, 1.165) is 17.0 Å². The lowest BCUT2D eigenvalue weighted by molar-refractivity contribution is -0.117. The Kier molecular flexibility index (Phi) is 3.84. The van der Waals surface area contributed by atoms with E-state index in [2.05, 4.69) is 15.4 Å². The number of carbonyl (C=O) groups is 1. The first-order chi connectivity index (χ1) is 13.1. The highest BCUT2D eigenvalue weighted by Crippen LogP contribution is 2.44. The molecule has 0 fully saturated rings. The van der Waals surface area contributed by atoms with Crippen LogP contribution >= 0.6 is 23.2 Å². The van der Waals surface area contributed by atoms with Gasteiger partial charge in [0.05, 0.1) is 16.3 Å². The fraction of sp³-hybridized carbons (Fsp3) is 0.211. The van der Waals surface area contributed by atoms with Crippen LogP contribution in [0.25, 0.3) is 0 Å². The number of anilines is 1. The highest BCUT2D eigenvalue weighted by Gasteiger charge is 2.39. The zero-order valence-electron chi connectivity index (χ0n) is 14.0. The number of nitrogens with zero attached hydrogens (tertiary/aromatic N) is 3. The molecule has 3 heterocycles. The van der Waals surface area contributed by atoms with Gasteiger partial charge in [0.15, 0.2) is 5.78 Å². The van der Waals surface area contributed by atoms with Crippen molar-refractivity contribution in [2.45, 2.75) is 24.8 Å². The lowest BCUT2D eigenvalue weighted by Gasteiger charge is -2.34. The van der Waals surface area contributed by atoms with Gasteiger partial charge in [-0.25, -0.2) is 4.68 Å². The number of Topliss-reactive ketones (excluding diaryl/α,β-unsaturated/α-hetero) is 1. The Hall–Kier alpha value is -2.57. The summed E-state index contributed by atoms with van der Waals surface area (Å²) in [5, 5.41) is 8.50. The average Bonchev–Trinajstić information content (AvgIpc) is 3.33. The number of hydrogen-bond donors (Lipinski definition) is 1. The highest BCUT2D eigenvalue weighted by atomic mass is 35.5. The highest BCUT2D eigenvalue weighted by molar-refractivity contribution is 6.42. The second kappa shape index (κ2) is 6.25. The molecule has 0 radical (unpaired) electrons. The molecule has 27 heavy (non-hydrogen) atoms. The van der Waals surface area contributed by atoms with Crippen molar-refractivity contribution in [3.05, 3.63) is 75.6 Å². The quantitative estimate of drug-likeness (QED) is 0.680. The van der Waals surface area contributed by atoms with Crippen LogP contribution in [0, 0.1) is 0 Å². The molecule has 136 valence electrons. The van der Waals surface area contributed by atoms with E-state index >= 15 is 0 Å². The number of hydrogen-bond acceptors (Lipinski definition) is 5. The van der Waals surface area contributed by atoms with Crippen LogP contribution in [-0.4, -0.2) is 20.5 Å². The molecular weight excluding hydrogens is 387 g/mol. The number of aromatic nitrogens is 3. The Morgan fingerprint density at radius 1 is 1.19 bits per heavy atom. The van der Waals surface area contributed by atoms with Crippen molar-refractivity contribution in [3.63, 3.8) is 0 Å². The topological polar surface area (TPSA) is 73.0 Å². The molecule has 3 aromatic rings. The second-order valence-corrected chi connectivity index (χ2v) is 7.48. The third-order valence-electron chi connectivity index (χ3n) is 5.07. The fourth-order valence-electron chi connectivity index (χ4n) is 3.87. The minimum absolute atomic E-state index is 0.00248. The van der Waals surface area contributed by atoms with Gasteiger partial charge in [-0.2, -0.15) is 10.1 Å². The van der Waals surface area contributed by atoms with Gasteiger partial charge in [0, 0.05) is 23.6 Å². The lowest BCUT2D eigenvalue weighted by atomic mass is 9.79. The van der Waals surface area contributed by atoms with Gasteiger partial charge in [-0.1, -0.05) is 29.3 Å². The Morgan fingerprint density at radius 3 is 2.85 bits per heavy atom. The van der Waals surface area contributed by atoms with Crippen molar-refractivity contribution in [2.75, 3.05) is 5.32 Å². The number of fused-ring (bicyclic) bond motifs is 1. The summed E-state index contributed by atoms with van der Waals surface area (Å²) >= 11 is 12.3. The smallest absolute Gasteiger partial charge is 0.226 e. The Morgan fingerprint density at radius 2 is 2.07 bits per heavy atom. The minimum atomic E-state index is -0.390. The van der Waals surface area contributed by atoms with Gasteiger partial charge in [0.1, 0.15) is 18.1 Å². The standard InChI is InChI=1S/C19H14Cl2N4O2/c20-12-4-3-10(6-13(12)21)18-17-14(24-19-22-9-23-25(18)19)7-11(8-15(17)26)16-2-1-5-27-16/h1-6,9,11,18H,7-8H2,(H,22,23,24)/t11-,18-/m1/s1. The minimum Gasteiger partial charge on any atom is -0.469 e. The molecule has 8 heteroatoms. The summed E-state index contributed by atoms with van der Waals surface area (Å²) in [6, 6.07) is 8.74. The first kappa shape index (κ1) is 16.6. The monoisotopic (exact) mass is 400 g/mol. The Balaban J connectivity index is 1.63. The number of nitrogens with one attached hydrogen (secondary N) is 1. The predicted octanol–water partition coefficient (Wildman–Crippen LogP) is 4.59. The number of furan rings is 1. The van der Waals surface area contributed by atoms with E-state index in [4.69, 9.17) is 27.6 Å². The number of carbonyl (C=O) groups excluding carboxylic acids is 1. The largest absolute Gasteiger partial charge is 0.469 e. The van der Waals surface area contributed by atoms with Crippen LogP contribution in [0.2, 0.25) is 10.0 Å². The first-order valence-electron chi connectivity index (χ1n) is 8.53. The van der Waals surface area contributed by atoms with E-state index in [0.29, 0.717) is 34.4 Å². The molecule has 2 atom stereocenters. The third kappa shape index (κ3) is 2.67. The molecule has 0 bridgehead atoms.